The van der Waals surface area contributed by atoms with Crippen LogP contribution in [0.3, 0.4) is 0 Å². The number of hydrogen-bond donors (Lipinski definition) is 3. The Balaban J connectivity index is 1.97. The largest absolute Gasteiger partial charge is 0.481 e. The van der Waals surface area contributed by atoms with Crippen molar-refractivity contribution in [2.75, 3.05) is 7.11 Å². The minimum Gasteiger partial charge on any atom is -0.481 e. The fourth-order valence-corrected chi connectivity index (χ4v) is 4.50. The standard InChI is InChI=1S/C21H35FO6/c1-3-4-5-8-15(23)10-11-17-16-13-20(27-2,12-7-6-9-19(24)25)28-18(16)14-21(17,22)26/h10-11,15-18,23,26H,3-9,12-14H2,1-2H3,(H,24,25). The zero-order valence-electron chi connectivity index (χ0n) is 17.0. The lowest BCUT2D eigenvalue weighted by Gasteiger charge is -2.31. The van der Waals surface area contributed by atoms with E-state index < -0.39 is 35.7 Å². The summed E-state index contributed by atoms with van der Waals surface area (Å²) in [6, 6.07) is 0. The van der Waals surface area contributed by atoms with Crippen molar-refractivity contribution in [3.8, 4) is 0 Å². The molecule has 0 aromatic heterocycles. The van der Waals surface area contributed by atoms with Crippen molar-refractivity contribution in [1.82, 2.24) is 0 Å². The van der Waals surface area contributed by atoms with Gasteiger partial charge in [-0.2, -0.15) is 0 Å². The first-order valence-electron chi connectivity index (χ1n) is 10.5. The molecule has 7 heteroatoms. The number of halogens is 1. The quantitative estimate of drug-likeness (QED) is 0.341. The van der Waals surface area contributed by atoms with Gasteiger partial charge in [-0.15, -0.1) is 0 Å². The Morgan fingerprint density at radius 3 is 2.71 bits per heavy atom. The average Bonchev–Trinajstić information content (AvgIpc) is 3.07. The summed E-state index contributed by atoms with van der Waals surface area (Å²) < 4.78 is 26.4. The Kier molecular flexibility index (Phi) is 8.43. The van der Waals surface area contributed by atoms with Crippen molar-refractivity contribution >= 4 is 5.97 Å². The molecule has 1 aliphatic carbocycles. The van der Waals surface area contributed by atoms with Crippen molar-refractivity contribution in [1.29, 1.82) is 0 Å². The van der Waals surface area contributed by atoms with E-state index in [0.29, 0.717) is 32.1 Å². The first-order valence-corrected chi connectivity index (χ1v) is 10.5. The molecule has 0 bridgehead atoms. The van der Waals surface area contributed by atoms with E-state index in [1.807, 2.05) is 0 Å². The van der Waals surface area contributed by atoms with Crippen LogP contribution in [0.5, 0.6) is 0 Å². The van der Waals surface area contributed by atoms with Gasteiger partial charge in [-0.1, -0.05) is 38.3 Å². The summed E-state index contributed by atoms with van der Waals surface area (Å²) >= 11 is 0. The van der Waals surface area contributed by atoms with Crippen molar-refractivity contribution in [2.45, 2.75) is 95.0 Å². The van der Waals surface area contributed by atoms with E-state index in [4.69, 9.17) is 14.6 Å². The number of ether oxygens (including phenoxy) is 2. The third kappa shape index (κ3) is 5.99. The van der Waals surface area contributed by atoms with Crippen LogP contribution < -0.4 is 0 Å². The van der Waals surface area contributed by atoms with Crippen LogP contribution in [0.25, 0.3) is 0 Å². The van der Waals surface area contributed by atoms with Gasteiger partial charge in [0.1, 0.15) is 0 Å². The molecule has 2 fully saturated rings. The van der Waals surface area contributed by atoms with Gasteiger partial charge >= 0.3 is 5.97 Å². The Labute approximate surface area is 166 Å². The van der Waals surface area contributed by atoms with Gasteiger partial charge in [-0.05, 0) is 19.3 Å². The van der Waals surface area contributed by atoms with Gasteiger partial charge in [0.05, 0.1) is 12.2 Å². The molecule has 0 amide bonds. The first-order chi connectivity index (χ1) is 13.2. The summed E-state index contributed by atoms with van der Waals surface area (Å²) in [5, 5.41) is 29.1. The summed E-state index contributed by atoms with van der Waals surface area (Å²) in [5.41, 5.74) is 0. The number of rotatable bonds is 12. The average molecular weight is 403 g/mol. The molecule has 0 spiro atoms. The van der Waals surface area contributed by atoms with Gasteiger partial charge in [0.15, 0.2) is 5.79 Å². The van der Waals surface area contributed by atoms with E-state index in [0.717, 1.165) is 19.3 Å². The number of aliphatic carboxylic acids is 1. The van der Waals surface area contributed by atoms with Crippen molar-refractivity contribution in [3.63, 3.8) is 0 Å². The summed E-state index contributed by atoms with van der Waals surface area (Å²) in [6.07, 6.45) is 7.82. The zero-order chi connectivity index (χ0) is 20.8. The molecule has 1 heterocycles. The van der Waals surface area contributed by atoms with Gasteiger partial charge in [-0.25, -0.2) is 4.39 Å². The lowest BCUT2D eigenvalue weighted by molar-refractivity contribution is -0.227. The smallest absolute Gasteiger partial charge is 0.303 e. The normalized spacial score (nSPS) is 36.1. The van der Waals surface area contributed by atoms with Crippen LogP contribution in [0.1, 0.15) is 71.1 Å². The molecular formula is C21H35FO6. The molecule has 6 nitrogen and oxygen atoms in total. The summed E-state index contributed by atoms with van der Waals surface area (Å²) in [7, 11) is 1.54. The number of carboxylic acids is 1. The SMILES string of the molecule is CCCCCC(O)C=CC1C2CC(CCCCC(=O)O)(OC)OC2CC1(O)F. The highest BCUT2D eigenvalue weighted by molar-refractivity contribution is 5.66. The molecule has 28 heavy (non-hydrogen) atoms. The summed E-state index contributed by atoms with van der Waals surface area (Å²) in [5.74, 6) is -5.06. The maximum atomic E-state index is 14.7. The number of fused-ring (bicyclic) bond motifs is 1. The Morgan fingerprint density at radius 2 is 2.07 bits per heavy atom. The molecule has 1 saturated heterocycles. The highest BCUT2D eigenvalue weighted by atomic mass is 19.2. The van der Waals surface area contributed by atoms with E-state index in [-0.39, 0.29) is 18.8 Å². The molecule has 0 aromatic rings. The monoisotopic (exact) mass is 402 g/mol. The van der Waals surface area contributed by atoms with E-state index in [1.54, 1.807) is 19.3 Å². The number of methoxy groups -OCH3 is 1. The fraction of sp³-hybridized carbons (Fsp3) is 0.857. The number of alkyl halides is 1. The highest BCUT2D eigenvalue weighted by Crippen LogP contribution is 2.54. The van der Waals surface area contributed by atoms with Gasteiger partial charge in [0.2, 0.25) is 5.85 Å². The van der Waals surface area contributed by atoms with Crippen LogP contribution >= 0.6 is 0 Å². The number of aliphatic hydroxyl groups excluding tert-OH is 1. The number of unbranched alkanes of at least 4 members (excludes halogenated alkanes) is 3. The molecule has 0 radical (unpaired) electrons. The topological polar surface area (TPSA) is 96.2 Å². The van der Waals surface area contributed by atoms with Gasteiger partial charge < -0.3 is 24.8 Å². The lowest BCUT2D eigenvalue weighted by atomic mass is 9.86. The highest BCUT2D eigenvalue weighted by Gasteiger charge is 2.60. The van der Waals surface area contributed by atoms with E-state index >= 15 is 0 Å². The molecular weight excluding hydrogens is 367 g/mol. The first kappa shape index (κ1) is 23.3. The maximum absolute atomic E-state index is 14.7. The van der Waals surface area contributed by atoms with Crippen molar-refractivity contribution in [3.05, 3.63) is 12.2 Å². The lowest BCUT2D eigenvalue weighted by Crippen LogP contribution is -2.36. The van der Waals surface area contributed by atoms with Crippen LogP contribution in [-0.4, -0.2) is 52.2 Å². The number of hydrogen-bond acceptors (Lipinski definition) is 5. The van der Waals surface area contributed by atoms with Crippen LogP contribution in [-0.2, 0) is 14.3 Å². The van der Waals surface area contributed by atoms with Crippen LogP contribution in [0.2, 0.25) is 0 Å². The minimum atomic E-state index is -2.36. The van der Waals surface area contributed by atoms with E-state index in [1.165, 1.54) is 0 Å². The van der Waals surface area contributed by atoms with Crippen LogP contribution in [0.4, 0.5) is 4.39 Å². The van der Waals surface area contributed by atoms with Crippen molar-refractivity contribution < 1.29 is 34.0 Å². The molecule has 6 unspecified atom stereocenters. The predicted molar refractivity (Wildman–Crippen MR) is 102 cm³/mol. The second-order valence-corrected chi connectivity index (χ2v) is 8.24. The molecule has 1 aliphatic heterocycles. The molecule has 162 valence electrons. The molecule has 3 N–H and O–H groups in total. The van der Waals surface area contributed by atoms with Gasteiger partial charge in [0.25, 0.3) is 0 Å². The molecule has 6 atom stereocenters. The summed E-state index contributed by atoms with van der Waals surface area (Å²) in [6.45, 7) is 2.09. The van der Waals surface area contributed by atoms with E-state index in [9.17, 15) is 19.4 Å². The number of aliphatic hydroxyl groups is 2. The third-order valence-corrected chi connectivity index (χ3v) is 6.06. The molecule has 0 aromatic carbocycles. The second-order valence-electron chi connectivity index (χ2n) is 8.24. The fourth-order valence-electron chi connectivity index (χ4n) is 4.50. The number of carboxylic acid groups (broad SMARTS) is 1. The molecule has 2 rings (SSSR count). The van der Waals surface area contributed by atoms with Gasteiger partial charge in [-0.3, -0.25) is 4.79 Å². The van der Waals surface area contributed by atoms with Gasteiger partial charge in [0, 0.05) is 44.6 Å². The van der Waals surface area contributed by atoms with Crippen LogP contribution in [0.15, 0.2) is 12.2 Å². The Bertz CT molecular complexity index is 537. The maximum Gasteiger partial charge on any atom is 0.303 e. The van der Waals surface area contributed by atoms with Crippen molar-refractivity contribution in [2.24, 2.45) is 11.8 Å². The Morgan fingerprint density at radius 1 is 1.32 bits per heavy atom. The molecule has 1 saturated carbocycles. The number of carbonyl (C=O) groups is 1. The Hall–Kier alpha value is -1.02. The summed E-state index contributed by atoms with van der Waals surface area (Å²) in [4.78, 5) is 10.7. The minimum absolute atomic E-state index is 0.0954. The van der Waals surface area contributed by atoms with Crippen LogP contribution in [0, 0.1) is 11.8 Å². The predicted octanol–water partition coefficient (Wildman–Crippen LogP) is 3.55. The zero-order valence-corrected chi connectivity index (χ0v) is 17.0. The molecule has 2 aliphatic rings. The van der Waals surface area contributed by atoms with E-state index in [2.05, 4.69) is 6.92 Å². The second kappa shape index (κ2) is 10.1. The third-order valence-electron chi connectivity index (χ3n) is 6.06.